The average Bonchev–Trinajstić information content (AvgIpc) is 2.93. The Kier molecular flexibility index (Phi) is 13.6. The first-order chi connectivity index (χ1) is 18.4. The van der Waals surface area contributed by atoms with Crippen LogP contribution in [0.5, 0.6) is 0 Å². The molecule has 2 aromatic carbocycles. The Hall–Kier alpha value is -3.71. The zero-order chi connectivity index (χ0) is 27.8. The lowest BCUT2D eigenvalue weighted by atomic mass is 9.94. The van der Waals surface area contributed by atoms with E-state index in [2.05, 4.69) is 23.8 Å². The second-order valence-corrected chi connectivity index (χ2v) is 9.41. The number of rotatable bonds is 17. The van der Waals surface area contributed by atoms with E-state index in [9.17, 15) is 14.4 Å². The highest BCUT2D eigenvalue weighted by molar-refractivity contribution is 5.86. The molecule has 3 N–H and O–H groups in total. The van der Waals surface area contributed by atoms with E-state index in [4.69, 9.17) is 9.84 Å². The summed E-state index contributed by atoms with van der Waals surface area (Å²) in [6, 6.07) is 18.7. The molecule has 204 valence electrons. The molecule has 0 aliphatic carbocycles. The second kappa shape index (κ2) is 16.9. The Morgan fingerprint density at radius 3 is 2.24 bits per heavy atom. The van der Waals surface area contributed by atoms with Crippen LogP contribution in [-0.2, 0) is 25.5 Å². The van der Waals surface area contributed by atoms with E-state index >= 15 is 0 Å². The second-order valence-electron chi connectivity index (χ2n) is 9.41. The molecule has 0 fully saturated rings. The Labute approximate surface area is 226 Å². The highest BCUT2D eigenvalue weighted by Crippen LogP contribution is 2.23. The van der Waals surface area contributed by atoms with Crippen molar-refractivity contribution >= 4 is 17.8 Å². The normalized spacial score (nSPS) is 13.8. The number of aliphatic hydroxyl groups excluding tert-OH is 1. The maximum atomic E-state index is 13.3. The van der Waals surface area contributed by atoms with E-state index in [1.54, 1.807) is 19.1 Å². The molecule has 0 bridgehead atoms. The number of allylic oxidation sites excluding steroid dienone is 2. The minimum atomic E-state index is -0.692. The number of hydrogen-bond donors (Lipinski definition) is 3. The number of aliphatic hydroxyl groups is 1. The third-order valence-corrected chi connectivity index (χ3v) is 6.20. The summed E-state index contributed by atoms with van der Waals surface area (Å²) < 4.78 is 5.99. The summed E-state index contributed by atoms with van der Waals surface area (Å²) in [7, 11) is 0. The Morgan fingerprint density at radius 1 is 0.974 bits per heavy atom. The van der Waals surface area contributed by atoms with E-state index in [-0.39, 0.29) is 43.3 Å². The molecule has 0 radical (unpaired) electrons. The first-order valence-electron chi connectivity index (χ1n) is 13.1. The highest BCUT2D eigenvalue weighted by Gasteiger charge is 2.27. The van der Waals surface area contributed by atoms with Gasteiger partial charge in [0.25, 0.3) is 0 Å². The molecule has 2 aromatic rings. The maximum Gasteiger partial charge on any atom is 0.309 e. The van der Waals surface area contributed by atoms with Crippen LogP contribution >= 0.6 is 0 Å². The van der Waals surface area contributed by atoms with Gasteiger partial charge in [-0.15, -0.1) is 13.2 Å². The first-order valence-corrected chi connectivity index (χ1v) is 13.1. The van der Waals surface area contributed by atoms with Gasteiger partial charge in [-0.3, -0.25) is 14.4 Å². The van der Waals surface area contributed by atoms with Crippen molar-refractivity contribution in [3.05, 3.63) is 97.1 Å². The summed E-state index contributed by atoms with van der Waals surface area (Å²) in [5.74, 6) is -1.99. The predicted octanol–water partition coefficient (Wildman–Crippen LogP) is 4.29. The predicted molar refractivity (Wildman–Crippen MR) is 149 cm³/mol. The highest BCUT2D eigenvalue weighted by atomic mass is 16.5. The summed E-state index contributed by atoms with van der Waals surface area (Å²) in [4.78, 5) is 38.7. The number of ether oxygens (including phenoxy) is 1. The molecule has 0 saturated carbocycles. The van der Waals surface area contributed by atoms with Crippen LogP contribution in [0.25, 0.3) is 0 Å². The average molecular weight is 521 g/mol. The maximum absolute atomic E-state index is 13.3. The molecular weight excluding hydrogens is 480 g/mol. The van der Waals surface area contributed by atoms with E-state index in [0.29, 0.717) is 25.7 Å². The van der Waals surface area contributed by atoms with Crippen molar-refractivity contribution in [2.45, 2.75) is 51.2 Å². The van der Waals surface area contributed by atoms with Crippen molar-refractivity contribution in [3.8, 4) is 0 Å². The number of esters is 1. The fourth-order valence-corrected chi connectivity index (χ4v) is 4.08. The number of carbonyl (C=O) groups is 3. The monoisotopic (exact) mass is 520 g/mol. The summed E-state index contributed by atoms with van der Waals surface area (Å²) in [5, 5.41) is 14.7. The van der Waals surface area contributed by atoms with Gasteiger partial charge in [0, 0.05) is 12.5 Å². The zero-order valence-electron chi connectivity index (χ0n) is 22.2. The Balaban J connectivity index is 2.12. The van der Waals surface area contributed by atoms with Gasteiger partial charge in [0.1, 0.15) is 6.10 Å². The molecule has 2 amide bonds. The van der Waals surface area contributed by atoms with Gasteiger partial charge in [0.05, 0.1) is 25.0 Å². The topological polar surface area (TPSA) is 105 Å². The van der Waals surface area contributed by atoms with Gasteiger partial charge >= 0.3 is 5.97 Å². The molecule has 0 aliphatic heterocycles. The standard InChI is InChI=1S/C31H40N2O5/c1-4-6-16-27(19-24-14-9-7-10-15-24)31(37)38-28(25-17-11-8-12-18-25)21-32-30(36)26(13-5-2)20-29(35)33-23(3)22-34/h4-5,7-12,14-15,17-18,23,26-28,34H,1-2,6,13,16,19-22H2,3H3,(H,32,36)(H,33,35)/t23-,26-,27+,28-/m0/s1. The van der Waals surface area contributed by atoms with Crippen LogP contribution in [0.15, 0.2) is 86.0 Å². The fourth-order valence-electron chi connectivity index (χ4n) is 4.08. The lowest BCUT2D eigenvalue weighted by molar-refractivity contribution is -0.155. The molecule has 0 saturated heterocycles. The smallest absolute Gasteiger partial charge is 0.309 e. The van der Waals surface area contributed by atoms with Crippen molar-refractivity contribution in [3.63, 3.8) is 0 Å². The van der Waals surface area contributed by atoms with E-state index in [1.165, 1.54) is 0 Å². The number of carbonyl (C=O) groups excluding carboxylic acids is 3. The van der Waals surface area contributed by atoms with Crippen LogP contribution in [0.2, 0.25) is 0 Å². The lowest BCUT2D eigenvalue weighted by Gasteiger charge is -2.24. The van der Waals surface area contributed by atoms with Crippen molar-refractivity contribution in [2.75, 3.05) is 13.2 Å². The van der Waals surface area contributed by atoms with Crippen molar-refractivity contribution in [1.29, 1.82) is 0 Å². The van der Waals surface area contributed by atoms with Gasteiger partial charge in [-0.05, 0) is 43.7 Å². The van der Waals surface area contributed by atoms with E-state index < -0.39 is 18.1 Å². The largest absolute Gasteiger partial charge is 0.455 e. The number of hydrogen-bond acceptors (Lipinski definition) is 5. The van der Waals surface area contributed by atoms with Gasteiger partial charge in [0.2, 0.25) is 11.8 Å². The molecule has 0 unspecified atom stereocenters. The lowest BCUT2D eigenvalue weighted by Crippen LogP contribution is -2.40. The minimum absolute atomic E-state index is 0.0430. The summed E-state index contributed by atoms with van der Waals surface area (Å²) >= 11 is 0. The molecular formula is C31H40N2O5. The summed E-state index contributed by atoms with van der Waals surface area (Å²) in [5.41, 5.74) is 1.81. The fraction of sp³-hybridized carbons (Fsp3) is 0.387. The van der Waals surface area contributed by atoms with Gasteiger partial charge < -0.3 is 20.5 Å². The van der Waals surface area contributed by atoms with Crippen LogP contribution in [0.3, 0.4) is 0 Å². The molecule has 2 rings (SSSR count). The molecule has 7 nitrogen and oxygen atoms in total. The van der Waals surface area contributed by atoms with E-state index in [1.807, 2.05) is 60.7 Å². The van der Waals surface area contributed by atoms with Crippen molar-refractivity contribution in [1.82, 2.24) is 10.6 Å². The Morgan fingerprint density at radius 2 is 1.63 bits per heavy atom. The van der Waals surface area contributed by atoms with Gasteiger partial charge in [-0.25, -0.2) is 0 Å². The summed E-state index contributed by atoms with van der Waals surface area (Å²) in [6.07, 6.45) is 4.79. The summed E-state index contributed by atoms with van der Waals surface area (Å²) in [6.45, 7) is 9.04. The van der Waals surface area contributed by atoms with Gasteiger partial charge in [0.15, 0.2) is 0 Å². The molecule has 0 heterocycles. The van der Waals surface area contributed by atoms with Crippen LogP contribution in [0.1, 0.15) is 49.8 Å². The van der Waals surface area contributed by atoms with Gasteiger partial charge in [-0.1, -0.05) is 72.8 Å². The van der Waals surface area contributed by atoms with Crippen molar-refractivity contribution in [2.24, 2.45) is 11.8 Å². The molecule has 7 heteroatoms. The van der Waals surface area contributed by atoms with Crippen LogP contribution in [-0.4, -0.2) is 42.1 Å². The number of amides is 2. The van der Waals surface area contributed by atoms with E-state index in [0.717, 1.165) is 11.1 Å². The molecule has 0 spiro atoms. The third kappa shape index (κ3) is 10.7. The molecule has 4 atom stereocenters. The van der Waals surface area contributed by atoms with Crippen LogP contribution in [0.4, 0.5) is 0 Å². The minimum Gasteiger partial charge on any atom is -0.455 e. The number of benzene rings is 2. The van der Waals surface area contributed by atoms with Crippen molar-refractivity contribution < 1.29 is 24.2 Å². The quantitative estimate of drug-likeness (QED) is 0.213. The van der Waals surface area contributed by atoms with Crippen LogP contribution < -0.4 is 10.6 Å². The Bertz CT molecular complexity index is 1030. The molecule has 0 aromatic heterocycles. The molecule has 0 aliphatic rings. The molecule has 38 heavy (non-hydrogen) atoms. The first kappa shape index (κ1) is 30.5. The third-order valence-electron chi connectivity index (χ3n) is 6.20. The zero-order valence-corrected chi connectivity index (χ0v) is 22.2. The number of nitrogens with one attached hydrogen (secondary N) is 2. The SMILES string of the molecule is C=CCC[C@H](Cc1ccccc1)C(=O)O[C@@H](CNC(=O)[C@@H](CC=C)CC(=O)N[C@@H](C)CO)c1ccccc1. The van der Waals surface area contributed by atoms with Gasteiger partial charge in [-0.2, -0.15) is 0 Å². The van der Waals surface area contributed by atoms with Crippen LogP contribution in [0, 0.1) is 11.8 Å².